The van der Waals surface area contributed by atoms with Crippen LogP contribution in [-0.2, 0) is 17.8 Å². The van der Waals surface area contributed by atoms with Crippen LogP contribution >= 0.6 is 11.3 Å². The fourth-order valence-corrected chi connectivity index (χ4v) is 5.44. The quantitative estimate of drug-likeness (QED) is 0.564. The number of benzene rings is 1. The molecule has 31 heavy (non-hydrogen) atoms. The van der Waals surface area contributed by atoms with Gasteiger partial charge in [0, 0.05) is 43.5 Å². The standard InChI is InChI=1S/C25H31N3O2S/c1-17-7-10-22-18(2)23(31-25(22)27-17)24(29)26-12-11-19-8-9-21(15-20(19)16-30-3)28-13-5-4-6-14-28/h7-10,15H,4-6,11-14,16H2,1-3H3,(H,26,29). The van der Waals surface area contributed by atoms with Gasteiger partial charge in [-0.1, -0.05) is 6.07 Å². The van der Waals surface area contributed by atoms with Gasteiger partial charge in [0.1, 0.15) is 4.83 Å². The zero-order valence-corrected chi connectivity index (χ0v) is 19.5. The lowest BCUT2D eigenvalue weighted by molar-refractivity contribution is 0.0957. The summed E-state index contributed by atoms with van der Waals surface area (Å²) in [5.74, 6) is -0.0172. The molecule has 1 aromatic carbocycles. The van der Waals surface area contributed by atoms with E-state index in [1.165, 1.54) is 47.4 Å². The number of ether oxygens (including phenoxy) is 1. The average molecular weight is 438 g/mol. The summed E-state index contributed by atoms with van der Waals surface area (Å²) in [5.41, 5.74) is 5.70. The molecule has 2 aromatic heterocycles. The lowest BCUT2D eigenvalue weighted by Gasteiger charge is -2.29. The smallest absolute Gasteiger partial charge is 0.261 e. The molecule has 0 saturated carbocycles. The van der Waals surface area contributed by atoms with Gasteiger partial charge in [-0.25, -0.2) is 4.98 Å². The molecule has 0 atom stereocenters. The second-order valence-corrected chi connectivity index (χ2v) is 9.30. The maximum absolute atomic E-state index is 12.8. The number of nitrogens with one attached hydrogen (secondary N) is 1. The van der Waals surface area contributed by atoms with E-state index in [0.29, 0.717) is 13.2 Å². The van der Waals surface area contributed by atoms with E-state index in [4.69, 9.17) is 4.74 Å². The number of carbonyl (C=O) groups is 1. The summed E-state index contributed by atoms with van der Waals surface area (Å²) >= 11 is 1.47. The van der Waals surface area contributed by atoms with Crippen LogP contribution in [0.1, 0.15) is 51.3 Å². The minimum Gasteiger partial charge on any atom is -0.380 e. The molecule has 6 heteroatoms. The van der Waals surface area contributed by atoms with Crippen LogP contribution in [0.2, 0.25) is 0 Å². The Morgan fingerprint density at radius 3 is 2.71 bits per heavy atom. The Bertz CT molecular complexity index is 1070. The first-order valence-corrected chi connectivity index (χ1v) is 11.9. The highest BCUT2D eigenvalue weighted by atomic mass is 32.1. The lowest BCUT2D eigenvalue weighted by Crippen LogP contribution is -2.29. The zero-order chi connectivity index (χ0) is 21.8. The summed E-state index contributed by atoms with van der Waals surface area (Å²) in [6, 6.07) is 10.7. The monoisotopic (exact) mass is 437 g/mol. The molecule has 3 heterocycles. The normalized spacial score (nSPS) is 14.2. The van der Waals surface area contributed by atoms with Crippen molar-refractivity contribution in [3.63, 3.8) is 0 Å². The average Bonchev–Trinajstić information content (AvgIpc) is 3.11. The number of anilines is 1. The molecule has 4 rings (SSSR count). The van der Waals surface area contributed by atoms with Crippen LogP contribution in [0.15, 0.2) is 30.3 Å². The molecule has 0 radical (unpaired) electrons. The highest BCUT2D eigenvalue weighted by Gasteiger charge is 2.17. The van der Waals surface area contributed by atoms with Gasteiger partial charge in [-0.15, -0.1) is 11.3 Å². The molecule has 1 aliphatic rings. The van der Waals surface area contributed by atoms with E-state index in [0.717, 1.165) is 45.9 Å². The van der Waals surface area contributed by atoms with Crippen LogP contribution in [0, 0.1) is 13.8 Å². The molecule has 1 aliphatic heterocycles. The van der Waals surface area contributed by atoms with E-state index in [-0.39, 0.29) is 5.91 Å². The molecule has 1 amide bonds. The van der Waals surface area contributed by atoms with Crippen molar-refractivity contribution < 1.29 is 9.53 Å². The summed E-state index contributed by atoms with van der Waals surface area (Å²) in [5, 5.41) is 4.17. The SMILES string of the molecule is COCc1cc(N2CCCCC2)ccc1CCNC(=O)c1sc2nc(C)ccc2c1C. The predicted molar refractivity (Wildman–Crippen MR) is 128 cm³/mol. The Balaban J connectivity index is 1.42. The van der Waals surface area contributed by atoms with Crippen LogP contribution in [0.3, 0.4) is 0 Å². The molecule has 0 unspecified atom stereocenters. The van der Waals surface area contributed by atoms with Gasteiger partial charge in [0.2, 0.25) is 0 Å². The van der Waals surface area contributed by atoms with Crippen molar-refractivity contribution >= 4 is 33.1 Å². The number of nitrogens with zero attached hydrogens (tertiary/aromatic N) is 2. The summed E-state index contributed by atoms with van der Waals surface area (Å²) < 4.78 is 5.46. The Labute approximate surface area is 188 Å². The number of hydrogen-bond donors (Lipinski definition) is 1. The highest BCUT2D eigenvalue weighted by Crippen LogP contribution is 2.29. The van der Waals surface area contributed by atoms with E-state index in [1.807, 2.05) is 19.9 Å². The van der Waals surface area contributed by atoms with Crippen molar-refractivity contribution in [3.05, 3.63) is 57.6 Å². The van der Waals surface area contributed by atoms with E-state index < -0.39 is 0 Å². The third kappa shape index (κ3) is 4.91. The van der Waals surface area contributed by atoms with Crippen molar-refractivity contribution in [1.29, 1.82) is 0 Å². The number of methoxy groups -OCH3 is 1. The van der Waals surface area contributed by atoms with Crippen LogP contribution < -0.4 is 10.2 Å². The molecule has 0 bridgehead atoms. The van der Waals surface area contributed by atoms with Gasteiger partial charge in [0.05, 0.1) is 11.5 Å². The summed E-state index contributed by atoms with van der Waals surface area (Å²) in [6.45, 7) is 7.42. The number of piperidine rings is 1. The molecule has 0 aliphatic carbocycles. The number of hydrogen-bond acceptors (Lipinski definition) is 5. The number of amides is 1. The van der Waals surface area contributed by atoms with Gasteiger partial charge in [0.25, 0.3) is 5.91 Å². The molecule has 5 nitrogen and oxygen atoms in total. The summed E-state index contributed by atoms with van der Waals surface area (Å²) in [6.07, 6.45) is 4.64. The van der Waals surface area contributed by atoms with Gasteiger partial charge in [-0.2, -0.15) is 0 Å². The summed E-state index contributed by atoms with van der Waals surface area (Å²) in [7, 11) is 1.74. The van der Waals surface area contributed by atoms with Crippen molar-refractivity contribution in [1.82, 2.24) is 10.3 Å². The van der Waals surface area contributed by atoms with Crippen molar-refractivity contribution in [2.24, 2.45) is 0 Å². The van der Waals surface area contributed by atoms with E-state index >= 15 is 0 Å². The van der Waals surface area contributed by atoms with Gasteiger partial charge in [-0.3, -0.25) is 4.79 Å². The van der Waals surface area contributed by atoms with E-state index in [2.05, 4.69) is 39.5 Å². The second kappa shape index (κ2) is 9.79. The Morgan fingerprint density at radius 2 is 1.94 bits per heavy atom. The van der Waals surface area contributed by atoms with Crippen molar-refractivity contribution in [3.8, 4) is 0 Å². The molecule has 1 N–H and O–H groups in total. The first-order chi connectivity index (χ1) is 15.1. The number of pyridine rings is 1. The minimum atomic E-state index is -0.0172. The minimum absolute atomic E-state index is 0.0172. The molecular formula is C25H31N3O2S. The Morgan fingerprint density at radius 1 is 1.13 bits per heavy atom. The van der Waals surface area contributed by atoms with Crippen LogP contribution in [0.4, 0.5) is 5.69 Å². The fourth-order valence-electron chi connectivity index (χ4n) is 4.29. The Hall–Kier alpha value is -2.44. The molecular weight excluding hydrogens is 406 g/mol. The topological polar surface area (TPSA) is 54.5 Å². The summed E-state index contributed by atoms with van der Waals surface area (Å²) in [4.78, 5) is 21.5. The maximum atomic E-state index is 12.8. The van der Waals surface area contributed by atoms with Crippen LogP contribution in [-0.4, -0.2) is 37.6 Å². The van der Waals surface area contributed by atoms with Crippen molar-refractivity contribution in [2.75, 3.05) is 31.6 Å². The van der Waals surface area contributed by atoms with E-state index in [1.54, 1.807) is 7.11 Å². The third-order valence-electron chi connectivity index (χ3n) is 6.04. The Kier molecular flexibility index (Phi) is 6.88. The molecule has 1 saturated heterocycles. The lowest BCUT2D eigenvalue weighted by atomic mass is 10.0. The molecule has 3 aromatic rings. The predicted octanol–water partition coefficient (Wildman–Crippen LogP) is 5.02. The number of aryl methyl sites for hydroxylation is 2. The van der Waals surface area contributed by atoms with Crippen molar-refractivity contribution in [2.45, 2.75) is 46.1 Å². The molecule has 1 fully saturated rings. The second-order valence-electron chi connectivity index (χ2n) is 8.30. The van der Waals surface area contributed by atoms with Crippen LogP contribution in [0.5, 0.6) is 0 Å². The molecule has 164 valence electrons. The van der Waals surface area contributed by atoms with Gasteiger partial charge in [-0.05, 0) is 80.5 Å². The van der Waals surface area contributed by atoms with E-state index in [9.17, 15) is 4.79 Å². The maximum Gasteiger partial charge on any atom is 0.261 e. The first kappa shape index (κ1) is 21.8. The number of thiophene rings is 1. The van der Waals surface area contributed by atoms with Gasteiger partial charge >= 0.3 is 0 Å². The zero-order valence-electron chi connectivity index (χ0n) is 18.7. The highest BCUT2D eigenvalue weighted by molar-refractivity contribution is 7.20. The number of aromatic nitrogens is 1. The van der Waals surface area contributed by atoms with Crippen LogP contribution in [0.25, 0.3) is 10.2 Å². The third-order valence-corrected chi connectivity index (χ3v) is 7.24. The number of fused-ring (bicyclic) bond motifs is 1. The van der Waals surface area contributed by atoms with Gasteiger partial charge < -0.3 is 15.0 Å². The molecule has 0 spiro atoms. The first-order valence-electron chi connectivity index (χ1n) is 11.1. The number of rotatable bonds is 7. The fraction of sp³-hybridized carbons (Fsp3) is 0.440. The van der Waals surface area contributed by atoms with Gasteiger partial charge in [0.15, 0.2) is 0 Å². The number of carbonyl (C=O) groups excluding carboxylic acids is 1. The largest absolute Gasteiger partial charge is 0.380 e.